The zero-order valence-corrected chi connectivity index (χ0v) is 15.3. The van der Waals surface area contributed by atoms with Crippen molar-refractivity contribution in [1.29, 1.82) is 0 Å². The Hall–Kier alpha value is -0.0800. The van der Waals surface area contributed by atoms with E-state index >= 15 is 0 Å². The number of rotatable bonds is 6. The summed E-state index contributed by atoms with van der Waals surface area (Å²) in [5, 5.41) is 0. The van der Waals surface area contributed by atoms with E-state index in [2.05, 4.69) is 30.6 Å². The van der Waals surface area contributed by atoms with Gasteiger partial charge in [-0.05, 0) is 76.3 Å². The molecule has 0 amide bonds. The van der Waals surface area contributed by atoms with Gasteiger partial charge in [0.25, 0.3) is 0 Å². The van der Waals surface area contributed by atoms with Crippen molar-refractivity contribution < 1.29 is 0 Å². The monoisotopic (exact) mass is 306 g/mol. The predicted octanol–water partition coefficient (Wildman–Crippen LogP) is 4.54. The van der Waals surface area contributed by atoms with E-state index in [-0.39, 0.29) is 0 Å². The van der Waals surface area contributed by atoms with Crippen LogP contribution >= 0.6 is 0 Å². The lowest BCUT2D eigenvalue weighted by Gasteiger charge is -2.45. The smallest absolute Gasteiger partial charge is 0.0125 e. The summed E-state index contributed by atoms with van der Waals surface area (Å²) in [4.78, 5) is 5.73. The molecule has 0 atom stereocenters. The minimum Gasteiger partial charge on any atom is -0.303 e. The van der Waals surface area contributed by atoms with E-state index in [0.717, 1.165) is 30.0 Å². The molecule has 0 unspecified atom stereocenters. The topological polar surface area (TPSA) is 6.48 Å². The SMILES string of the molecule is CCC1CCC(N(C2CC2)C2CCN(CC(C)C)CC2)CC1. The molecule has 0 N–H and O–H groups in total. The average Bonchev–Trinajstić information content (AvgIpc) is 3.34. The Labute approximate surface area is 138 Å². The first-order chi connectivity index (χ1) is 10.7. The summed E-state index contributed by atoms with van der Waals surface area (Å²) in [6.07, 6.45) is 13.2. The fourth-order valence-corrected chi connectivity index (χ4v) is 5.03. The summed E-state index contributed by atoms with van der Waals surface area (Å²) in [5.74, 6) is 1.85. The maximum Gasteiger partial charge on any atom is 0.0125 e. The number of piperidine rings is 1. The van der Waals surface area contributed by atoms with Gasteiger partial charge in [0.15, 0.2) is 0 Å². The minimum absolute atomic E-state index is 0.820. The lowest BCUT2D eigenvalue weighted by molar-refractivity contribution is 0.0406. The van der Waals surface area contributed by atoms with Crippen molar-refractivity contribution in [2.75, 3.05) is 19.6 Å². The van der Waals surface area contributed by atoms with Gasteiger partial charge in [0.05, 0.1) is 0 Å². The second-order valence-electron chi connectivity index (χ2n) is 8.69. The van der Waals surface area contributed by atoms with Crippen LogP contribution in [0.2, 0.25) is 0 Å². The van der Waals surface area contributed by atoms with Crippen LogP contribution in [0.5, 0.6) is 0 Å². The first kappa shape index (κ1) is 16.8. The van der Waals surface area contributed by atoms with Gasteiger partial charge in [-0.25, -0.2) is 0 Å². The van der Waals surface area contributed by atoms with Gasteiger partial charge in [-0.15, -0.1) is 0 Å². The number of hydrogen-bond donors (Lipinski definition) is 0. The molecule has 0 aromatic rings. The number of likely N-dealkylation sites (tertiary alicyclic amines) is 1. The van der Waals surface area contributed by atoms with Crippen LogP contribution in [0.15, 0.2) is 0 Å². The van der Waals surface area contributed by atoms with Crippen LogP contribution in [0, 0.1) is 11.8 Å². The van der Waals surface area contributed by atoms with E-state index in [1.165, 1.54) is 77.4 Å². The van der Waals surface area contributed by atoms with Gasteiger partial charge in [-0.3, -0.25) is 4.90 Å². The molecule has 22 heavy (non-hydrogen) atoms. The van der Waals surface area contributed by atoms with Crippen molar-refractivity contribution in [1.82, 2.24) is 9.80 Å². The fourth-order valence-electron chi connectivity index (χ4n) is 5.03. The van der Waals surface area contributed by atoms with Crippen LogP contribution in [-0.2, 0) is 0 Å². The predicted molar refractivity (Wildman–Crippen MR) is 95.2 cm³/mol. The van der Waals surface area contributed by atoms with Gasteiger partial charge in [0.2, 0.25) is 0 Å². The lowest BCUT2D eigenvalue weighted by Crippen LogP contribution is -2.51. The molecular weight excluding hydrogens is 268 g/mol. The van der Waals surface area contributed by atoms with E-state index in [9.17, 15) is 0 Å². The molecule has 0 radical (unpaired) electrons. The van der Waals surface area contributed by atoms with Gasteiger partial charge in [-0.2, -0.15) is 0 Å². The third-order valence-corrected chi connectivity index (χ3v) is 6.39. The van der Waals surface area contributed by atoms with Crippen molar-refractivity contribution in [2.24, 2.45) is 11.8 Å². The quantitative estimate of drug-likeness (QED) is 0.711. The summed E-state index contributed by atoms with van der Waals surface area (Å²) in [6, 6.07) is 2.79. The van der Waals surface area contributed by atoms with E-state index in [1.54, 1.807) is 0 Å². The van der Waals surface area contributed by atoms with E-state index in [1.807, 2.05) is 0 Å². The third-order valence-electron chi connectivity index (χ3n) is 6.39. The van der Waals surface area contributed by atoms with Crippen LogP contribution < -0.4 is 0 Å². The molecular formula is C20H38N2. The lowest BCUT2D eigenvalue weighted by atomic mass is 9.83. The molecule has 0 aromatic carbocycles. The highest BCUT2D eigenvalue weighted by molar-refractivity contribution is 4.96. The normalized spacial score (nSPS) is 32.0. The maximum atomic E-state index is 3.03. The Morgan fingerprint density at radius 3 is 1.77 bits per heavy atom. The molecule has 3 aliphatic rings. The van der Waals surface area contributed by atoms with Crippen molar-refractivity contribution >= 4 is 0 Å². The largest absolute Gasteiger partial charge is 0.303 e. The fraction of sp³-hybridized carbons (Fsp3) is 1.00. The molecule has 3 rings (SSSR count). The highest BCUT2D eigenvalue weighted by Crippen LogP contribution is 2.39. The summed E-state index contributed by atoms with van der Waals surface area (Å²) in [5.41, 5.74) is 0. The third kappa shape index (κ3) is 4.26. The van der Waals surface area contributed by atoms with Gasteiger partial charge in [0, 0.05) is 24.7 Å². The average molecular weight is 307 g/mol. The molecule has 0 bridgehead atoms. The Balaban J connectivity index is 1.52. The Morgan fingerprint density at radius 2 is 1.32 bits per heavy atom. The first-order valence-electron chi connectivity index (χ1n) is 10.2. The Bertz CT molecular complexity index is 321. The van der Waals surface area contributed by atoms with Crippen molar-refractivity contribution in [3.63, 3.8) is 0 Å². The molecule has 0 aromatic heterocycles. The van der Waals surface area contributed by atoms with Crippen LogP contribution in [-0.4, -0.2) is 47.6 Å². The molecule has 128 valence electrons. The molecule has 2 nitrogen and oxygen atoms in total. The molecule has 2 aliphatic carbocycles. The highest BCUT2D eigenvalue weighted by Gasteiger charge is 2.40. The molecule has 1 aliphatic heterocycles. The van der Waals surface area contributed by atoms with Crippen LogP contribution in [0.3, 0.4) is 0 Å². The van der Waals surface area contributed by atoms with Crippen molar-refractivity contribution in [3.8, 4) is 0 Å². The zero-order valence-electron chi connectivity index (χ0n) is 15.3. The van der Waals surface area contributed by atoms with Gasteiger partial charge >= 0.3 is 0 Å². The van der Waals surface area contributed by atoms with Gasteiger partial charge < -0.3 is 4.90 Å². The number of hydrogen-bond acceptors (Lipinski definition) is 2. The summed E-state index contributed by atoms with van der Waals surface area (Å²) in [7, 11) is 0. The van der Waals surface area contributed by atoms with Crippen LogP contribution in [0.4, 0.5) is 0 Å². The molecule has 1 saturated heterocycles. The second-order valence-corrected chi connectivity index (χ2v) is 8.69. The van der Waals surface area contributed by atoms with E-state index < -0.39 is 0 Å². The molecule has 2 saturated carbocycles. The Kier molecular flexibility index (Phi) is 5.84. The second kappa shape index (κ2) is 7.66. The molecule has 0 spiro atoms. The standard InChI is InChI=1S/C20H38N2/c1-4-17-5-7-18(8-6-17)22(19-9-10-19)20-11-13-21(14-12-20)15-16(2)3/h16-20H,4-15H2,1-3H3. The minimum atomic E-state index is 0.820. The Morgan fingerprint density at radius 1 is 0.818 bits per heavy atom. The van der Waals surface area contributed by atoms with Gasteiger partial charge in [-0.1, -0.05) is 27.2 Å². The first-order valence-corrected chi connectivity index (χ1v) is 10.2. The van der Waals surface area contributed by atoms with Crippen LogP contribution in [0.1, 0.15) is 78.6 Å². The molecule has 2 heteroatoms. The number of nitrogens with zero attached hydrogens (tertiary/aromatic N) is 2. The summed E-state index contributed by atoms with van der Waals surface area (Å²) < 4.78 is 0. The summed E-state index contributed by atoms with van der Waals surface area (Å²) >= 11 is 0. The molecule has 3 fully saturated rings. The van der Waals surface area contributed by atoms with Crippen molar-refractivity contribution in [3.05, 3.63) is 0 Å². The molecule has 1 heterocycles. The zero-order chi connectivity index (χ0) is 15.5. The van der Waals surface area contributed by atoms with Gasteiger partial charge in [0.1, 0.15) is 0 Å². The van der Waals surface area contributed by atoms with Crippen molar-refractivity contribution in [2.45, 2.75) is 96.7 Å². The van der Waals surface area contributed by atoms with Crippen LogP contribution in [0.25, 0.3) is 0 Å². The summed E-state index contributed by atoms with van der Waals surface area (Å²) in [6.45, 7) is 11.1. The van der Waals surface area contributed by atoms with E-state index in [4.69, 9.17) is 0 Å². The highest BCUT2D eigenvalue weighted by atomic mass is 15.3. The van der Waals surface area contributed by atoms with E-state index in [0.29, 0.717) is 0 Å². The maximum absolute atomic E-state index is 3.03.